The second kappa shape index (κ2) is 8.31. The summed E-state index contributed by atoms with van der Waals surface area (Å²) in [7, 11) is 3.14. The number of rotatable bonds is 7. The molecule has 0 atom stereocenters. The summed E-state index contributed by atoms with van der Waals surface area (Å²) in [6.45, 7) is 0.805. The molecule has 26 heavy (non-hydrogen) atoms. The third-order valence-corrected chi connectivity index (χ3v) is 4.96. The molecule has 1 N–H and O–H groups in total. The fourth-order valence-corrected chi connectivity index (χ4v) is 3.37. The van der Waals surface area contributed by atoms with Crippen molar-refractivity contribution >= 4 is 21.8 Å². The zero-order chi connectivity index (χ0) is 18.5. The van der Waals surface area contributed by atoms with Gasteiger partial charge in [0.25, 0.3) is 0 Å². The molecule has 0 radical (unpaired) electrons. The highest BCUT2D eigenvalue weighted by molar-refractivity contribution is 9.10. The van der Waals surface area contributed by atoms with Gasteiger partial charge in [0, 0.05) is 6.54 Å². The molecule has 0 aliphatic carbocycles. The van der Waals surface area contributed by atoms with Crippen LogP contribution in [0.5, 0.6) is 23.0 Å². The fraction of sp³-hybridized carbons (Fsp3) is 0.316. The number of benzene rings is 2. The van der Waals surface area contributed by atoms with E-state index in [-0.39, 0.29) is 19.1 Å². The minimum atomic E-state index is -0.0568. The Morgan fingerprint density at radius 2 is 1.96 bits per heavy atom. The van der Waals surface area contributed by atoms with Crippen molar-refractivity contribution < 1.29 is 23.7 Å². The van der Waals surface area contributed by atoms with Crippen molar-refractivity contribution in [3.05, 3.63) is 45.9 Å². The molecule has 0 bridgehead atoms. The highest BCUT2D eigenvalue weighted by Gasteiger charge is 2.15. The number of carbonyl (C=O) groups excluding carboxylic acids is 1. The lowest BCUT2D eigenvalue weighted by Crippen LogP contribution is -2.27. The van der Waals surface area contributed by atoms with Crippen LogP contribution in [0.4, 0.5) is 0 Å². The number of carbonyl (C=O) groups is 1. The summed E-state index contributed by atoms with van der Waals surface area (Å²) in [6.07, 6.45) is 0.970. The van der Waals surface area contributed by atoms with Crippen LogP contribution >= 0.6 is 15.9 Å². The Balaban J connectivity index is 1.54. The second-order valence-corrected chi connectivity index (χ2v) is 6.53. The molecule has 138 valence electrons. The highest BCUT2D eigenvalue weighted by atomic mass is 79.9. The maximum atomic E-state index is 12.2. The molecule has 1 aliphatic heterocycles. The normalized spacial score (nSPS) is 12.0. The molecular weight excluding hydrogens is 402 g/mol. The minimum absolute atomic E-state index is 0.0568. The monoisotopic (exact) mass is 421 g/mol. The summed E-state index contributed by atoms with van der Waals surface area (Å²) in [5.41, 5.74) is 1.92. The largest absolute Gasteiger partial charge is 0.493 e. The predicted octanol–water partition coefficient (Wildman–Crippen LogP) is 3.10. The minimum Gasteiger partial charge on any atom is -0.493 e. The molecule has 2 aromatic rings. The summed E-state index contributed by atoms with van der Waals surface area (Å²) < 4.78 is 22.0. The molecular formula is C19H20BrNO5. The first-order valence-electron chi connectivity index (χ1n) is 8.17. The van der Waals surface area contributed by atoms with E-state index in [4.69, 9.17) is 18.9 Å². The SMILES string of the molecule is COc1ccc(CC(=O)NCCc2ccc3c(c2)OCO3)c(Br)c1OC. The van der Waals surface area contributed by atoms with Crippen LogP contribution in [0.2, 0.25) is 0 Å². The van der Waals surface area contributed by atoms with E-state index in [0.717, 1.165) is 33.5 Å². The molecule has 6 nitrogen and oxygen atoms in total. The van der Waals surface area contributed by atoms with Crippen LogP contribution in [0.3, 0.4) is 0 Å². The van der Waals surface area contributed by atoms with Crippen LogP contribution in [0.1, 0.15) is 11.1 Å². The van der Waals surface area contributed by atoms with Crippen molar-refractivity contribution in [3.8, 4) is 23.0 Å². The number of amides is 1. The van der Waals surface area contributed by atoms with E-state index in [1.54, 1.807) is 20.3 Å². The van der Waals surface area contributed by atoms with E-state index < -0.39 is 0 Å². The Morgan fingerprint density at radius 3 is 2.73 bits per heavy atom. The van der Waals surface area contributed by atoms with Crippen LogP contribution in [0.15, 0.2) is 34.8 Å². The maximum absolute atomic E-state index is 12.2. The quantitative estimate of drug-likeness (QED) is 0.743. The van der Waals surface area contributed by atoms with Crippen molar-refractivity contribution in [2.24, 2.45) is 0 Å². The van der Waals surface area contributed by atoms with E-state index in [9.17, 15) is 4.79 Å². The molecule has 0 fully saturated rings. The third kappa shape index (κ3) is 4.04. The van der Waals surface area contributed by atoms with Gasteiger partial charge in [-0.3, -0.25) is 4.79 Å². The summed E-state index contributed by atoms with van der Waals surface area (Å²) in [6, 6.07) is 9.45. The molecule has 0 aromatic heterocycles. The van der Waals surface area contributed by atoms with Gasteiger partial charge >= 0.3 is 0 Å². The second-order valence-electron chi connectivity index (χ2n) is 5.74. The van der Waals surface area contributed by atoms with E-state index in [1.807, 2.05) is 24.3 Å². The molecule has 3 rings (SSSR count). The van der Waals surface area contributed by atoms with Gasteiger partial charge in [0.15, 0.2) is 23.0 Å². The van der Waals surface area contributed by atoms with E-state index >= 15 is 0 Å². The van der Waals surface area contributed by atoms with E-state index in [0.29, 0.717) is 18.0 Å². The first kappa shape index (κ1) is 18.4. The van der Waals surface area contributed by atoms with Crippen molar-refractivity contribution in [2.45, 2.75) is 12.8 Å². The van der Waals surface area contributed by atoms with Gasteiger partial charge in [0.1, 0.15) is 0 Å². The van der Waals surface area contributed by atoms with Crippen LogP contribution < -0.4 is 24.3 Å². The number of hydrogen-bond donors (Lipinski definition) is 1. The van der Waals surface area contributed by atoms with Crippen molar-refractivity contribution in [1.29, 1.82) is 0 Å². The first-order valence-corrected chi connectivity index (χ1v) is 8.96. The smallest absolute Gasteiger partial charge is 0.231 e. The average molecular weight is 422 g/mol. The Bertz CT molecular complexity index is 809. The molecule has 0 saturated carbocycles. The van der Waals surface area contributed by atoms with E-state index in [2.05, 4.69) is 21.2 Å². The van der Waals surface area contributed by atoms with Crippen molar-refractivity contribution in [1.82, 2.24) is 5.32 Å². The lowest BCUT2D eigenvalue weighted by atomic mass is 10.1. The average Bonchev–Trinajstić information content (AvgIpc) is 3.11. The Morgan fingerprint density at radius 1 is 1.15 bits per heavy atom. The molecule has 1 amide bonds. The van der Waals surface area contributed by atoms with Gasteiger partial charge in [0.2, 0.25) is 12.7 Å². The topological polar surface area (TPSA) is 66.0 Å². The summed E-state index contributed by atoms with van der Waals surface area (Å²) in [5, 5.41) is 2.94. The van der Waals surface area contributed by atoms with Crippen LogP contribution in [0, 0.1) is 0 Å². The zero-order valence-corrected chi connectivity index (χ0v) is 16.2. The van der Waals surface area contributed by atoms with E-state index in [1.165, 1.54) is 0 Å². The predicted molar refractivity (Wildman–Crippen MR) is 100 cm³/mol. The van der Waals surface area contributed by atoms with Gasteiger partial charge in [-0.15, -0.1) is 0 Å². The van der Waals surface area contributed by atoms with Crippen molar-refractivity contribution in [2.75, 3.05) is 27.6 Å². The Kier molecular flexibility index (Phi) is 5.88. The third-order valence-electron chi connectivity index (χ3n) is 4.09. The molecule has 1 aliphatic rings. The number of fused-ring (bicyclic) bond motifs is 1. The van der Waals surface area contributed by atoms with Crippen molar-refractivity contribution in [3.63, 3.8) is 0 Å². The molecule has 2 aromatic carbocycles. The lowest BCUT2D eigenvalue weighted by molar-refractivity contribution is -0.120. The number of nitrogens with one attached hydrogen (secondary N) is 1. The van der Waals surface area contributed by atoms with Crippen LogP contribution in [-0.4, -0.2) is 33.5 Å². The number of halogens is 1. The molecule has 7 heteroatoms. The van der Waals surface area contributed by atoms with Crippen LogP contribution in [-0.2, 0) is 17.6 Å². The van der Waals surface area contributed by atoms with Gasteiger partial charge in [-0.2, -0.15) is 0 Å². The molecule has 0 spiro atoms. The van der Waals surface area contributed by atoms with Gasteiger partial charge in [-0.05, 0) is 51.7 Å². The fourth-order valence-electron chi connectivity index (χ4n) is 2.74. The van der Waals surface area contributed by atoms with Gasteiger partial charge < -0.3 is 24.3 Å². The lowest BCUT2D eigenvalue weighted by Gasteiger charge is -2.13. The van der Waals surface area contributed by atoms with Gasteiger partial charge in [0.05, 0.1) is 25.1 Å². The summed E-state index contributed by atoms with van der Waals surface area (Å²) in [5.74, 6) is 2.65. The van der Waals surface area contributed by atoms with Gasteiger partial charge in [-0.1, -0.05) is 12.1 Å². The Labute approximate surface area is 160 Å². The number of hydrogen-bond acceptors (Lipinski definition) is 5. The highest BCUT2D eigenvalue weighted by Crippen LogP contribution is 2.37. The molecule has 1 heterocycles. The Hall–Kier alpha value is -2.41. The summed E-state index contributed by atoms with van der Waals surface area (Å²) in [4.78, 5) is 12.2. The first-order chi connectivity index (χ1) is 12.6. The zero-order valence-electron chi connectivity index (χ0n) is 14.6. The standard InChI is InChI=1S/C19H20BrNO5/c1-23-15-6-4-13(18(20)19(15)24-2)10-17(22)21-8-7-12-3-5-14-16(9-12)26-11-25-14/h3-6,9H,7-8,10-11H2,1-2H3,(H,21,22). The number of ether oxygens (including phenoxy) is 4. The summed E-state index contributed by atoms with van der Waals surface area (Å²) >= 11 is 3.48. The number of methoxy groups -OCH3 is 2. The van der Waals surface area contributed by atoms with Gasteiger partial charge in [-0.25, -0.2) is 0 Å². The molecule has 0 saturated heterocycles. The molecule has 0 unspecified atom stereocenters. The maximum Gasteiger partial charge on any atom is 0.231 e. The van der Waals surface area contributed by atoms with Crippen LogP contribution in [0.25, 0.3) is 0 Å².